The Morgan fingerprint density at radius 1 is 1.10 bits per heavy atom. The average Bonchev–Trinajstić information content (AvgIpc) is 3.17. The van der Waals surface area contributed by atoms with E-state index < -0.39 is 10.0 Å². The Morgan fingerprint density at radius 2 is 1.70 bits per heavy atom. The van der Waals surface area contributed by atoms with Gasteiger partial charge in [0.25, 0.3) is 14.4 Å². The molecule has 1 heterocycles. The van der Waals surface area contributed by atoms with Crippen molar-refractivity contribution in [2.24, 2.45) is 23.2 Å². The van der Waals surface area contributed by atoms with Gasteiger partial charge in [-0.05, 0) is 75.3 Å². The second-order valence-electron chi connectivity index (χ2n) is 9.03. The van der Waals surface area contributed by atoms with Crippen molar-refractivity contribution in [3.05, 3.63) is 30.3 Å². The Kier molecular flexibility index (Phi) is 4.85. The lowest BCUT2D eigenvalue weighted by atomic mass is 9.49. The Morgan fingerprint density at radius 3 is 2.27 bits per heavy atom. The van der Waals surface area contributed by atoms with Gasteiger partial charge >= 0.3 is 0 Å². The fourth-order valence-electron chi connectivity index (χ4n) is 6.16. The molecule has 0 radical (unpaired) electrons. The summed E-state index contributed by atoms with van der Waals surface area (Å²) in [7, 11) is -3.84. The minimum absolute atomic E-state index is 0.00268. The zero-order chi connectivity index (χ0) is 20.9. The van der Waals surface area contributed by atoms with E-state index in [2.05, 4.69) is 15.5 Å². The molecule has 2 aromatic rings. The molecule has 0 saturated heterocycles. The zero-order valence-corrected chi connectivity index (χ0v) is 18.6. The van der Waals surface area contributed by atoms with Crippen LogP contribution >= 0.6 is 11.3 Å². The SMILES string of the molecule is CCN(c1ccccc1)S(=O)(=O)c1nnc(NC(=O)C23CC4CC(CC(C4)C2)C3)s1. The monoisotopic (exact) mass is 446 g/mol. The number of hydrogen-bond acceptors (Lipinski definition) is 6. The van der Waals surface area contributed by atoms with E-state index in [9.17, 15) is 13.2 Å². The van der Waals surface area contributed by atoms with E-state index >= 15 is 0 Å². The fraction of sp³-hybridized carbons (Fsp3) is 0.571. The van der Waals surface area contributed by atoms with Crippen molar-refractivity contribution in [1.29, 1.82) is 0 Å². The number of benzene rings is 1. The minimum Gasteiger partial charge on any atom is -0.300 e. The van der Waals surface area contributed by atoms with Crippen LogP contribution in [-0.2, 0) is 14.8 Å². The van der Waals surface area contributed by atoms with Gasteiger partial charge in [-0.15, -0.1) is 10.2 Å². The van der Waals surface area contributed by atoms with E-state index in [1.807, 2.05) is 6.07 Å². The standard InChI is InChI=1S/C21H26N4O3S2/c1-2-25(17-6-4-3-5-7-17)30(27,28)20-24-23-19(29-20)22-18(26)21-11-14-8-15(12-21)10-16(9-14)13-21/h3-7,14-16H,2,8-13H2,1H3,(H,22,23,26). The largest absolute Gasteiger partial charge is 0.300 e. The highest BCUT2D eigenvalue weighted by molar-refractivity contribution is 7.94. The van der Waals surface area contributed by atoms with E-state index in [0.29, 0.717) is 23.4 Å². The third-order valence-electron chi connectivity index (χ3n) is 6.99. The van der Waals surface area contributed by atoms with Crippen LogP contribution in [0, 0.1) is 23.2 Å². The van der Waals surface area contributed by atoms with Gasteiger partial charge in [0, 0.05) is 6.54 Å². The second-order valence-corrected chi connectivity index (χ2v) is 12.0. The molecule has 1 amide bonds. The van der Waals surface area contributed by atoms with Gasteiger partial charge in [-0.2, -0.15) is 8.42 Å². The molecule has 0 aliphatic heterocycles. The van der Waals surface area contributed by atoms with E-state index in [4.69, 9.17) is 0 Å². The number of nitrogens with one attached hydrogen (secondary N) is 1. The molecule has 4 aliphatic rings. The molecule has 0 unspecified atom stereocenters. The van der Waals surface area contributed by atoms with Crippen LogP contribution < -0.4 is 9.62 Å². The van der Waals surface area contributed by atoms with Crippen LogP contribution in [0.25, 0.3) is 0 Å². The molecule has 4 aliphatic carbocycles. The molecule has 4 bridgehead atoms. The maximum Gasteiger partial charge on any atom is 0.293 e. The number of hydrogen-bond donors (Lipinski definition) is 1. The molecular weight excluding hydrogens is 420 g/mol. The zero-order valence-electron chi connectivity index (χ0n) is 17.0. The number of para-hydroxylation sites is 1. The summed E-state index contributed by atoms with van der Waals surface area (Å²) in [6.07, 6.45) is 6.64. The molecule has 1 N–H and O–H groups in total. The lowest BCUT2D eigenvalue weighted by molar-refractivity contribution is -0.140. The first-order valence-corrected chi connectivity index (χ1v) is 12.9. The highest BCUT2D eigenvalue weighted by Crippen LogP contribution is 2.60. The number of carbonyl (C=O) groups is 1. The summed E-state index contributed by atoms with van der Waals surface area (Å²) in [5, 5.41) is 11.1. The quantitative estimate of drug-likeness (QED) is 0.679. The van der Waals surface area contributed by atoms with Crippen LogP contribution in [0.3, 0.4) is 0 Å². The smallest absolute Gasteiger partial charge is 0.293 e. The maximum atomic E-state index is 13.2. The summed E-state index contributed by atoms with van der Waals surface area (Å²) in [4.78, 5) is 13.2. The first kappa shape index (κ1) is 19.9. The highest BCUT2D eigenvalue weighted by Gasteiger charge is 2.54. The Hall–Kier alpha value is -2.00. The number of sulfonamides is 1. The van der Waals surface area contributed by atoms with Crippen molar-refractivity contribution in [2.75, 3.05) is 16.2 Å². The van der Waals surface area contributed by atoms with Crippen LogP contribution in [0.15, 0.2) is 34.7 Å². The summed E-state index contributed by atoms with van der Waals surface area (Å²) >= 11 is 0.927. The van der Waals surface area contributed by atoms with Crippen LogP contribution in [0.1, 0.15) is 45.4 Å². The van der Waals surface area contributed by atoms with Crippen LogP contribution in [-0.4, -0.2) is 31.1 Å². The fourth-order valence-corrected chi connectivity index (χ4v) is 8.63. The van der Waals surface area contributed by atoms with Gasteiger partial charge in [0.15, 0.2) is 0 Å². The Balaban J connectivity index is 1.35. The van der Waals surface area contributed by atoms with Crippen LogP contribution in [0.5, 0.6) is 0 Å². The number of nitrogens with zero attached hydrogens (tertiary/aromatic N) is 3. The third-order valence-corrected chi connectivity index (χ3v) is 10.1. The molecule has 1 aromatic carbocycles. The summed E-state index contributed by atoms with van der Waals surface area (Å²) in [5.41, 5.74) is 0.272. The predicted molar refractivity (Wildman–Crippen MR) is 116 cm³/mol. The molecule has 0 spiro atoms. The average molecular weight is 447 g/mol. The summed E-state index contributed by atoms with van der Waals surface area (Å²) in [6, 6.07) is 8.93. The summed E-state index contributed by atoms with van der Waals surface area (Å²) in [5.74, 6) is 1.99. The number of rotatable bonds is 6. The van der Waals surface area contributed by atoms with Crippen molar-refractivity contribution >= 4 is 38.1 Å². The number of anilines is 2. The van der Waals surface area contributed by atoms with Crippen LogP contribution in [0.2, 0.25) is 0 Å². The van der Waals surface area contributed by atoms with Gasteiger partial charge in [0.05, 0.1) is 11.1 Å². The van der Waals surface area contributed by atoms with Gasteiger partial charge < -0.3 is 5.32 Å². The van der Waals surface area contributed by atoms with Gasteiger partial charge in [-0.25, -0.2) is 0 Å². The van der Waals surface area contributed by atoms with E-state index in [1.165, 1.54) is 23.6 Å². The number of carbonyl (C=O) groups excluding carboxylic acids is 1. The molecule has 7 nitrogen and oxygen atoms in total. The lowest BCUT2D eigenvalue weighted by Crippen LogP contribution is -2.51. The van der Waals surface area contributed by atoms with Gasteiger partial charge in [-0.1, -0.05) is 29.5 Å². The van der Waals surface area contributed by atoms with Gasteiger partial charge in [0.1, 0.15) is 0 Å². The molecule has 4 fully saturated rings. The normalized spacial score (nSPS) is 29.7. The third kappa shape index (κ3) is 3.32. The van der Waals surface area contributed by atoms with Crippen molar-refractivity contribution < 1.29 is 13.2 Å². The summed E-state index contributed by atoms with van der Waals surface area (Å²) in [6.45, 7) is 2.06. The first-order valence-electron chi connectivity index (χ1n) is 10.6. The van der Waals surface area contributed by atoms with E-state index in [1.54, 1.807) is 31.2 Å². The van der Waals surface area contributed by atoms with Crippen molar-refractivity contribution in [3.8, 4) is 0 Å². The molecule has 1 aromatic heterocycles. The van der Waals surface area contributed by atoms with Crippen molar-refractivity contribution in [3.63, 3.8) is 0 Å². The van der Waals surface area contributed by atoms with Crippen molar-refractivity contribution in [2.45, 2.75) is 49.8 Å². The molecular formula is C21H26N4O3S2. The van der Waals surface area contributed by atoms with Gasteiger partial charge in [0.2, 0.25) is 11.0 Å². The maximum absolute atomic E-state index is 13.2. The summed E-state index contributed by atoms with van der Waals surface area (Å²) < 4.78 is 27.4. The van der Waals surface area contributed by atoms with Crippen LogP contribution in [0.4, 0.5) is 10.8 Å². The van der Waals surface area contributed by atoms with E-state index in [-0.39, 0.29) is 27.3 Å². The van der Waals surface area contributed by atoms with Crippen molar-refractivity contribution in [1.82, 2.24) is 10.2 Å². The molecule has 6 rings (SSSR count). The number of amides is 1. The molecule has 160 valence electrons. The highest BCUT2D eigenvalue weighted by atomic mass is 32.2. The molecule has 30 heavy (non-hydrogen) atoms. The first-order chi connectivity index (χ1) is 14.4. The Labute approximate surface area is 180 Å². The second kappa shape index (κ2) is 7.30. The molecule has 0 atom stereocenters. The Bertz CT molecular complexity index is 1020. The molecule has 9 heteroatoms. The van der Waals surface area contributed by atoms with Gasteiger partial charge in [-0.3, -0.25) is 9.10 Å². The van der Waals surface area contributed by atoms with E-state index in [0.717, 1.165) is 30.6 Å². The predicted octanol–water partition coefficient (Wildman–Crippen LogP) is 3.91. The minimum atomic E-state index is -3.84. The topological polar surface area (TPSA) is 92.3 Å². The lowest BCUT2D eigenvalue weighted by Gasteiger charge is -2.55. The molecule has 4 saturated carbocycles. The number of aromatic nitrogens is 2.